The van der Waals surface area contributed by atoms with E-state index in [4.69, 9.17) is 17.3 Å². The summed E-state index contributed by atoms with van der Waals surface area (Å²) < 4.78 is 0. The van der Waals surface area contributed by atoms with E-state index in [0.717, 1.165) is 31.2 Å². The molecule has 1 aromatic carbocycles. The molecular formula is C29H48ClN5O2. The third kappa shape index (κ3) is 8.67. The molecule has 1 heterocycles. The minimum atomic E-state index is -0.469. The summed E-state index contributed by atoms with van der Waals surface area (Å²) in [6.45, 7) is 11.8. The largest absolute Gasteiger partial charge is 0.351 e. The molecule has 1 aromatic rings. The van der Waals surface area contributed by atoms with E-state index in [1.807, 2.05) is 58.9 Å². The number of nitrogens with one attached hydrogen (secondary N) is 2. The first kappa shape index (κ1) is 29.9. The number of halogens is 1. The van der Waals surface area contributed by atoms with Crippen molar-refractivity contribution in [3.05, 3.63) is 34.9 Å². The molecule has 8 heteroatoms. The maximum absolute atomic E-state index is 13.7. The molecule has 1 saturated carbocycles. The van der Waals surface area contributed by atoms with E-state index in [2.05, 4.69) is 15.8 Å². The summed E-state index contributed by atoms with van der Waals surface area (Å²) in [6, 6.07) is 7.63. The SMILES string of the molecule is CC(C)(N)CNN(C(=O)CCc1ccc(Cl)cc1)N1CCC(C(=O)NC(C)(C)C)(C2CCCCC2)CC1. The lowest BCUT2D eigenvalue weighted by molar-refractivity contribution is -0.170. The number of hydrazine groups is 2. The lowest BCUT2D eigenvalue weighted by Gasteiger charge is -2.49. The first-order chi connectivity index (χ1) is 17.3. The summed E-state index contributed by atoms with van der Waals surface area (Å²) in [6.07, 6.45) is 8.36. The monoisotopic (exact) mass is 533 g/mol. The van der Waals surface area contributed by atoms with Gasteiger partial charge in [0.1, 0.15) is 0 Å². The lowest BCUT2D eigenvalue weighted by atomic mass is 9.63. The number of hydrogen-bond donors (Lipinski definition) is 3. The summed E-state index contributed by atoms with van der Waals surface area (Å²) in [5.74, 6) is 0.586. The molecule has 0 spiro atoms. The third-order valence-corrected chi connectivity index (χ3v) is 7.96. The van der Waals surface area contributed by atoms with E-state index >= 15 is 0 Å². The average Bonchev–Trinajstić information content (AvgIpc) is 2.83. The van der Waals surface area contributed by atoms with Gasteiger partial charge < -0.3 is 11.1 Å². The van der Waals surface area contributed by atoms with Gasteiger partial charge in [0, 0.05) is 42.2 Å². The number of aryl methyl sites for hydroxylation is 1. The third-order valence-electron chi connectivity index (χ3n) is 7.70. The van der Waals surface area contributed by atoms with Crippen molar-refractivity contribution in [2.75, 3.05) is 19.6 Å². The molecule has 2 aliphatic rings. The van der Waals surface area contributed by atoms with Crippen molar-refractivity contribution < 1.29 is 9.59 Å². The summed E-state index contributed by atoms with van der Waals surface area (Å²) in [5, 5.41) is 7.75. The van der Waals surface area contributed by atoms with E-state index in [-0.39, 0.29) is 22.8 Å². The Morgan fingerprint density at radius 1 is 1.05 bits per heavy atom. The van der Waals surface area contributed by atoms with Crippen LogP contribution in [0.2, 0.25) is 5.02 Å². The zero-order chi connectivity index (χ0) is 27.3. The minimum Gasteiger partial charge on any atom is -0.351 e. The highest BCUT2D eigenvalue weighted by Gasteiger charge is 2.49. The Morgan fingerprint density at radius 2 is 1.65 bits per heavy atom. The smallest absolute Gasteiger partial charge is 0.251 e. The molecule has 0 radical (unpaired) electrons. The quantitative estimate of drug-likeness (QED) is 0.395. The van der Waals surface area contributed by atoms with Gasteiger partial charge in [0.25, 0.3) is 5.91 Å². The molecule has 0 unspecified atom stereocenters. The number of nitrogens with two attached hydrogens (primary N) is 1. The average molecular weight is 534 g/mol. The summed E-state index contributed by atoms with van der Waals surface area (Å²) in [7, 11) is 0. The van der Waals surface area contributed by atoms with Crippen LogP contribution in [0.5, 0.6) is 0 Å². The molecule has 37 heavy (non-hydrogen) atoms. The number of carbonyl (C=O) groups excluding carboxylic acids is 2. The molecule has 3 rings (SSSR count). The zero-order valence-electron chi connectivity index (χ0n) is 23.5. The van der Waals surface area contributed by atoms with Gasteiger partial charge in [-0.15, -0.1) is 0 Å². The van der Waals surface area contributed by atoms with Gasteiger partial charge in [-0.1, -0.05) is 43.0 Å². The minimum absolute atomic E-state index is 0.00325. The maximum Gasteiger partial charge on any atom is 0.251 e. The number of carbonyl (C=O) groups is 2. The van der Waals surface area contributed by atoms with Gasteiger partial charge in [0.2, 0.25) is 5.91 Å². The molecule has 0 atom stereocenters. The molecule has 0 aromatic heterocycles. The van der Waals surface area contributed by atoms with Crippen molar-refractivity contribution in [2.24, 2.45) is 17.1 Å². The van der Waals surface area contributed by atoms with E-state index < -0.39 is 5.54 Å². The Hall–Kier alpha value is -1.67. The fourth-order valence-corrected chi connectivity index (χ4v) is 5.79. The highest BCUT2D eigenvalue weighted by atomic mass is 35.5. The van der Waals surface area contributed by atoms with Crippen LogP contribution < -0.4 is 16.5 Å². The van der Waals surface area contributed by atoms with Gasteiger partial charge in [-0.25, -0.2) is 15.6 Å². The van der Waals surface area contributed by atoms with Crippen LogP contribution in [0, 0.1) is 11.3 Å². The van der Waals surface area contributed by atoms with Crippen molar-refractivity contribution in [2.45, 2.75) is 103 Å². The number of piperidine rings is 1. The van der Waals surface area contributed by atoms with Crippen LogP contribution in [0.15, 0.2) is 24.3 Å². The molecule has 208 valence electrons. The van der Waals surface area contributed by atoms with Gasteiger partial charge in [-0.05, 0) is 90.3 Å². The number of rotatable bonds is 9. The lowest BCUT2D eigenvalue weighted by Crippen LogP contribution is -2.63. The maximum atomic E-state index is 13.7. The van der Waals surface area contributed by atoms with Gasteiger partial charge in [-0.2, -0.15) is 0 Å². The van der Waals surface area contributed by atoms with Crippen LogP contribution in [0.3, 0.4) is 0 Å². The van der Waals surface area contributed by atoms with Crippen LogP contribution in [0.25, 0.3) is 0 Å². The normalized spacial score (nSPS) is 19.4. The van der Waals surface area contributed by atoms with Crippen molar-refractivity contribution >= 4 is 23.4 Å². The summed E-state index contributed by atoms with van der Waals surface area (Å²) in [5.41, 5.74) is 9.52. The summed E-state index contributed by atoms with van der Waals surface area (Å²) >= 11 is 6.01. The topological polar surface area (TPSA) is 90.7 Å². The first-order valence-corrected chi connectivity index (χ1v) is 14.3. The molecule has 1 aliphatic carbocycles. The number of nitrogens with zero attached hydrogens (tertiary/aromatic N) is 2. The molecule has 7 nitrogen and oxygen atoms in total. The summed E-state index contributed by atoms with van der Waals surface area (Å²) in [4.78, 5) is 27.2. The molecule has 1 aliphatic heterocycles. The van der Waals surface area contributed by atoms with Crippen LogP contribution in [0.1, 0.15) is 91.5 Å². The van der Waals surface area contributed by atoms with Crippen LogP contribution in [0.4, 0.5) is 0 Å². The molecule has 1 saturated heterocycles. The molecule has 4 N–H and O–H groups in total. The Kier molecular flexibility index (Phi) is 10.1. The molecule has 2 amide bonds. The number of amides is 2. The van der Waals surface area contributed by atoms with Crippen LogP contribution in [-0.4, -0.2) is 52.7 Å². The highest BCUT2D eigenvalue weighted by Crippen LogP contribution is 2.46. The predicted octanol–water partition coefficient (Wildman–Crippen LogP) is 4.84. The van der Waals surface area contributed by atoms with Crippen molar-refractivity contribution in [1.29, 1.82) is 0 Å². The fourth-order valence-electron chi connectivity index (χ4n) is 5.67. The number of benzene rings is 1. The predicted molar refractivity (Wildman–Crippen MR) is 151 cm³/mol. The Balaban J connectivity index is 1.74. The van der Waals surface area contributed by atoms with Gasteiger partial charge in [0.05, 0.1) is 5.41 Å². The van der Waals surface area contributed by atoms with Crippen molar-refractivity contribution in [3.8, 4) is 0 Å². The van der Waals surface area contributed by atoms with E-state index in [1.165, 1.54) is 19.3 Å². The molecular weight excluding hydrogens is 486 g/mol. The van der Waals surface area contributed by atoms with Gasteiger partial charge >= 0.3 is 0 Å². The van der Waals surface area contributed by atoms with Gasteiger partial charge in [-0.3, -0.25) is 9.59 Å². The van der Waals surface area contributed by atoms with E-state index in [0.29, 0.717) is 43.4 Å². The van der Waals surface area contributed by atoms with Crippen molar-refractivity contribution in [1.82, 2.24) is 20.9 Å². The Bertz CT molecular complexity index is 892. The second-order valence-corrected chi connectivity index (χ2v) is 13.2. The standard InChI is InChI=1S/C29H48ClN5O2/c1-27(2,3)33-26(37)29(23-9-7-6-8-10-23)17-19-34(20-18-29)35(32-21-28(4,5)31)25(36)16-13-22-11-14-24(30)15-12-22/h11-12,14-15,23,32H,6-10,13,16-21,31H2,1-5H3,(H,33,37). The molecule has 0 bridgehead atoms. The first-order valence-electron chi connectivity index (χ1n) is 14.0. The Morgan fingerprint density at radius 3 is 2.19 bits per heavy atom. The van der Waals surface area contributed by atoms with E-state index in [9.17, 15) is 9.59 Å². The van der Waals surface area contributed by atoms with Crippen LogP contribution >= 0.6 is 11.6 Å². The van der Waals surface area contributed by atoms with Crippen molar-refractivity contribution in [3.63, 3.8) is 0 Å². The van der Waals surface area contributed by atoms with Gasteiger partial charge in [0.15, 0.2) is 0 Å². The van der Waals surface area contributed by atoms with Crippen LogP contribution in [-0.2, 0) is 16.0 Å². The zero-order valence-corrected chi connectivity index (χ0v) is 24.3. The van der Waals surface area contributed by atoms with E-state index in [1.54, 1.807) is 5.12 Å². The molecule has 2 fully saturated rings. The second-order valence-electron chi connectivity index (χ2n) is 12.8. The second kappa shape index (κ2) is 12.5. The number of hydrogen-bond acceptors (Lipinski definition) is 5. The fraction of sp³-hybridized carbons (Fsp3) is 0.724. The Labute approximate surface area is 228 Å². The highest BCUT2D eigenvalue weighted by molar-refractivity contribution is 6.30.